The number of rotatable bonds is 8. The third-order valence-electron chi connectivity index (χ3n) is 4.05. The van der Waals surface area contributed by atoms with Gasteiger partial charge >= 0.3 is 7.12 Å². The highest BCUT2D eigenvalue weighted by Gasteiger charge is 2.25. The van der Waals surface area contributed by atoms with E-state index in [2.05, 4.69) is 0 Å². The topological polar surface area (TPSA) is 68.2 Å². The summed E-state index contributed by atoms with van der Waals surface area (Å²) >= 11 is 0. The zero-order chi connectivity index (χ0) is 19.1. The second-order valence-electron chi connectivity index (χ2n) is 5.96. The molecule has 0 aliphatic carbocycles. The zero-order valence-electron chi connectivity index (χ0n) is 15.0. The van der Waals surface area contributed by atoms with Gasteiger partial charge in [-0.05, 0) is 11.1 Å². The predicted octanol–water partition coefficient (Wildman–Crippen LogP) is 2.53. The monoisotopic (exact) mass is 364 g/mol. The van der Waals surface area contributed by atoms with Crippen LogP contribution in [0.5, 0.6) is 17.2 Å². The van der Waals surface area contributed by atoms with Crippen molar-refractivity contribution in [3.63, 3.8) is 0 Å². The van der Waals surface area contributed by atoms with Crippen molar-refractivity contribution in [2.75, 3.05) is 7.11 Å². The van der Waals surface area contributed by atoms with Crippen molar-refractivity contribution in [3.8, 4) is 17.2 Å². The molecule has 0 aliphatic heterocycles. The summed E-state index contributed by atoms with van der Waals surface area (Å²) in [5.41, 5.74) is 2.10. The Bertz CT molecular complexity index is 788. The molecule has 3 aromatic carbocycles. The highest BCUT2D eigenvalue weighted by Crippen LogP contribution is 2.27. The Balaban J connectivity index is 1.86. The molecule has 0 saturated heterocycles. The van der Waals surface area contributed by atoms with Crippen LogP contribution >= 0.6 is 0 Å². The number of benzene rings is 3. The lowest BCUT2D eigenvalue weighted by Gasteiger charge is -2.18. The molecule has 0 radical (unpaired) electrons. The van der Waals surface area contributed by atoms with Crippen molar-refractivity contribution >= 4 is 12.6 Å². The van der Waals surface area contributed by atoms with E-state index >= 15 is 0 Å². The van der Waals surface area contributed by atoms with Crippen LogP contribution in [0.3, 0.4) is 0 Å². The Kier molecular flexibility index (Phi) is 6.36. The molecule has 3 rings (SSSR count). The minimum Gasteiger partial charge on any atom is -0.496 e. The number of hydrogen-bond donors (Lipinski definition) is 2. The van der Waals surface area contributed by atoms with Gasteiger partial charge in [0.1, 0.15) is 30.5 Å². The Hall–Kier alpha value is -2.96. The first kappa shape index (κ1) is 18.8. The molecule has 0 aromatic heterocycles. The fraction of sp³-hybridized carbons (Fsp3) is 0.143. The lowest BCUT2D eigenvalue weighted by Crippen LogP contribution is -2.33. The molecular weight excluding hydrogens is 343 g/mol. The van der Waals surface area contributed by atoms with E-state index in [4.69, 9.17) is 14.2 Å². The van der Waals surface area contributed by atoms with Crippen LogP contribution in [0.25, 0.3) is 0 Å². The summed E-state index contributed by atoms with van der Waals surface area (Å²) in [7, 11) is -0.209. The normalized spacial score (nSPS) is 10.3. The summed E-state index contributed by atoms with van der Waals surface area (Å²) in [6.07, 6.45) is 0. The van der Waals surface area contributed by atoms with Gasteiger partial charge in [0.2, 0.25) is 0 Å². The minimum atomic E-state index is -1.74. The molecule has 2 N–H and O–H groups in total. The SMILES string of the molecule is COc1cc(OCc2ccccc2)c(B(O)O)c(OCc2ccccc2)c1. The molecule has 0 amide bonds. The molecular formula is C21H21BO5. The fourth-order valence-corrected chi connectivity index (χ4v) is 2.66. The smallest absolute Gasteiger partial charge is 0.496 e. The maximum absolute atomic E-state index is 9.90. The van der Waals surface area contributed by atoms with Crippen LogP contribution in [0.4, 0.5) is 0 Å². The van der Waals surface area contributed by atoms with Gasteiger partial charge in [-0.15, -0.1) is 0 Å². The van der Waals surface area contributed by atoms with Crippen LogP contribution < -0.4 is 19.7 Å². The van der Waals surface area contributed by atoms with E-state index < -0.39 is 7.12 Å². The molecule has 3 aromatic rings. The van der Waals surface area contributed by atoms with Crippen LogP contribution in [0.2, 0.25) is 0 Å². The van der Waals surface area contributed by atoms with Gasteiger partial charge in [0.05, 0.1) is 12.6 Å². The molecule has 0 spiro atoms. The summed E-state index contributed by atoms with van der Waals surface area (Å²) in [5.74, 6) is 1.11. The van der Waals surface area contributed by atoms with E-state index in [1.807, 2.05) is 60.7 Å². The molecule has 6 heteroatoms. The average Bonchev–Trinajstić information content (AvgIpc) is 2.71. The second-order valence-corrected chi connectivity index (χ2v) is 5.96. The van der Waals surface area contributed by atoms with E-state index in [0.717, 1.165) is 11.1 Å². The van der Waals surface area contributed by atoms with Gasteiger partial charge in [0, 0.05) is 12.1 Å². The van der Waals surface area contributed by atoms with Gasteiger partial charge in [-0.25, -0.2) is 0 Å². The molecule has 0 heterocycles. The van der Waals surface area contributed by atoms with E-state index in [-0.39, 0.29) is 18.7 Å². The maximum Gasteiger partial charge on any atom is 0.496 e. The molecule has 138 valence electrons. The molecule has 0 fully saturated rings. The van der Waals surface area contributed by atoms with Crippen LogP contribution in [0.15, 0.2) is 72.8 Å². The number of ether oxygens (including phenoxy) is 3. The van der Waals surface area contributed by atoms with Crippen LogP contribution in [-0.2, 0) is 13.2 Å². The van der Waals surface area contributed by atoms with Gasteiger partial charge < -0.3 is 24.3 Å². The second kappa shape index (κ2) is 9.12. The zero-order valence-corrected chi connectivity index (χ0v) is 15.0. The van der Waals surface area contributed by atoms with Crippen molar-refractivity contribution < 1.29 is 24.3 Å². The molecule has 5 nitrogen and oxygen atoms in total. The van der Waals surface area contributed by atoms with Crippen LogP contribution in [-0.4, -0.2) is 24.3 Å². The quantitative estimate of drug-likeness (QED) is 0.602. The Morgan fingerprint density at radius 2 is 1.19 bits per heavy atom. The standard InChI is InChI=1S/C21H21BO5/c1-25-18-12-19(26-14-16-8-4-2-5-9-16)21(22(23)24)20(13-18)27-15-17-10-6-3-7-11-17/h2-13,23-24H,14-15H2,1H3. The maximum atomic E-state index is 9.90. The summed E-state index contributed by atoms with van der Waals surface area (Å²) in [4.78, 5) is 0. The van der Waals surface area contributed by atoms with Crippen molar-refractivity contribution in [1.29, 1.82) is 0 Å². The third-order valence-corrected chi connectivity index (χ3v) is 4.05. The van der Waals surface area contributed by atoms with Gasteiger partial charge in [0.25, 0.3) is 0 Å². The lowest BCUT2D eigenvalue weighted by molar-refractivity contribution is 0.287. The van der Waals surface area contributed by atoms with Crippen molar-refractivity contribution in [2.24, 2.45) is 0 Å². The predicted molar refractivity (Wildman–Crippen MR) is 104 cm³/mol. The molecule has 0 saturated carbocycles. The Morgan fingerprint density at radius 1 is 0.741 bits per heavy atom. The van der Waals surface area contributed by atoms with Gasteiger partial charge in [0.15, 0.2) is 0 Å². The Labute approximate surface area is 158 Å². The lowest BCUT2D eigenvalue weighted by atomic mass is 9.78. The number of hydrogen-bond acceptors (Lipinski definition) is 5. The highest BCUT2D eigenvalue weighted by atomic mass is 16.5. The molecule has 0 aliphatic rings. The van der Waals surface area contributed by atoms with E-state index in [9.17, 15) is 10.0 Å². The van der Waals surface area contributed by atoms with Gasteiger partial charge in [-0.3, -0.25) is 0 Å². The Morgan fingerprint density at radius 3 is 1.56 bits per heavy atom. The van der Waals surface area contributed by atoms with Gasteiger partial charge in [-0.2, -0.15) is 0 Å². The van der Waals surface area contributed by atoms with Crippen LogP contribution in [0.1, 0.15) is 11.1 Å². The summed E-state index contributed by atoms with van der Waals surface area (Å²) in [6.45, 7) is 0.567. The van der Waals surface area contributed by atoms with Crippen LogP contribution in [0, 0.1) is 0 Å². The first-order valence-corrected chi connectivity index (χ1v) is 8.59. The summed E-state index contributed by atoms with van der Waals surface area (Å²) in [5, 5.41) is 19.8. The van der Waals surface area contributed by atoms with Gasteiger partial charge in [-0.1, -0.05) is 60.7 Å². The minimum absolute atomic E-state index is 0.169. The largest absolute Gasteiger partial charge is 0.496 e. The number of methoxy groups -OCH3 is 1. The fourth-order valence-electron chi connectivity index (χ4n) is 2.66. The van der Waals surface area contributed by atoms with E-state index in [1.54, 1.807) is 12.1 Å². The van der Waals surface area contributed by atoms with Crippen molar-refractivity contribution in [2.45, 2.75) is 13.2 Å². The van der Waals surface area contributed by atoms with Crippen molar-refractivity contribution in [1.82, 2.24) is 0 Å². The molecule has 27 heavy (non-hydrogen) atoms. The van der Waals surface area contributed by atoms with E-state index in [0.29, 0.717) is 17.2 Å². The summed E-state index contributed by atoms with van der Waals surface area (Å²) in [6, 6.07) is 22.5. The molecule has 0 bridgehead atoms. The van der Waals surface area contributed by atoms with E-state index in [1.165, 1.54) is 7.11 Å². The molecule has 0 atom stereocenters. The first-order valence-electron chi connectivity index (χ1n) is 8.59. The summed E-state index contributed by atoms with van der Waals surface area (Å²) < 4.78 is 17.0. The van der Waals surface area contributed by atoms with Crippen molar-refractivity contribution in [3.05, 3.63) is 83.9 Å². The highest BCUT2D eigenvalue weighted by molar-refractivity contribution is 6.61. The molecule has 0 unspecified atom stereocenters. The average molecular weight is 364 g/mol. The first-order chi connectivity index (χ1) is 13.2. The third kappa shape index (κ3) is 5.03.